The van der Waals surface area contributed by atoms with Crippen molar-refractivity contribution in [2.75, 3.05) is 11.9 Å². The van der Waals surface area contributed by atoms with E-state index in [0.29, 0.717) is 17.4 Å². The first-order valence-corrected chi connectivity index (χ1v) is 7.46. The Kier molecular flexibility index (Phi) is 5.21. The quantitative estimate of drug-likeness (QED) is 0.755. The van der Waals surface area contributed by atoms with Crippen LogP contribution in [0.1, 0.15) is 30.7 Å². The zero-order valence-corrected chi connectivity index (χ0v) is 13.2. The second-order valence-corrected chi connectivity index (χ2v) is 5.09. The summed E-state index contributed by atoms with van der Waals surface area (Å²) in [6.07, 6.45) is 7.10. The van der Waals surface area contributed by atoms with Gasteiger partial charge in [-0.3, -0.25) is 0 Å². The molecule has 21 heavy (non-hydrogen) atoms. The minimum Gasteiger partial charge on any atom is -0.389 e. The molecule has 0 bridgehead atoms. The second-order valence-electron chi connectivity index (χ2n) is 4.65. The van der Waals surface area contributed by atoms with E-state index < -0.39 is 0 Å². The van der Waals surface area contributed by atoms with Gasteiger partial charge in [-0.2, -0.15) is 5.10 Å². The molecule has 0 saturated heterocycles. The molecule has 0 aromatic carbocycles. The molecule has 2 aromatic rings. The Bertz CT molecular complexity index is 608. The van der Waals surface area contributed by atoms with Crippen molar-refractivity contribution in [1.29, 1.82) is 0 Å². The third-order valence-electron chi connectivity index (χ3n) is 3.31. The van der Waals surface area contributed by atoms with Crippen molar-refractivity contribution in [3.63, 3.8) is 0 Å². The van der Waals surface area contributed by atoms with Crippen LogP contribution >= 0.6 is 12.2 Å². The summed E-state index contributed by atoms with van der Waals surface area (Å²) in [4.78, 5) is 4.37. The number of nitrogens with two attached hydrogens (primary N) is 1. The van der Waals surface area contributed by atoms with Gasteiger partial charge in [0.05, 0.1) is 17.6 Å². The van der Waals surface area contributed by atoms with Gasteiger partial charge in [0.25, 0.3) is 0 Å². The number of aryl methyl sites for hydroxylation is 1. The Labute approximate surface area is 129 Å². The van der Waals surface area contributed by atoms with Gasteiger partial charge in [-0.1, -0.05) is 26.1 Å². The van der Waals surface area contributed by atoms with E-state index in [1.54, 1.807) is 12.5 Å². The fraction of sp³-hybridized carbons (Fsp3) is 0.429. The number of imidazole rings is 1. The molecule has 0 radical (unpaired) electrons. The third kappa shape index (κ3) is 3.55. The van der Waals surface area contributed by atoms with Gasteiger partial charge in [0.1, 0.15) is 4.99 Å². The molecule has 0 saturated carbocycles. The van der Waals surface area contributed by atoms with Crippen molar-refractivity contribution in [3.8, 4) is 0 Å². The molecule has 2 aromatic heterocycles. The highest BCUT2D eigenvalue weighted by Gasteiger charge is 2.16. The van der Waals surface area contributed by atoms with Crippen LogP contribution in [-0.4, -0.2) is 31.3 Å². The number of hydrogen-bond acceptors (Lipinski definition) is 5. The van der Waals surface area contributed by atoms with Crippen molar-refractivity contribution >= 4 is 23.0 Å². The highest BCUT2D eigenvalue weighted by Crippen LogP contribution is 2.20. The normalized spacial score (nSPS) is 10.6. The molecule has 112 valence electrons. The lowest BCUT2D eigenvalue weighted by molar-refractivity contribution is 0.722. The predicted octanol–water partition coefficient (Wildman–Crippen LogP) is 1.54. The van der Waals surface area contributed by atoms with Gasteiger partial charge < -0.3 is 15.6 Å². The average molecular weight is 304 g/mol. The van der Waals surface area contributed by atoms with Crippen LogP contribution in [0.5, 0.6) is 0 Å². The SMILES string of the molecule is CCc1nnc(NCCn2ccnc2)c(C(N)=S)c1CC. The van der Waals surface area contributed by atoms with Gasteiger partial charge >= 0.3 is 0 Å². The molecule has 0 aliphatic heterocycles. The number of aromatic nitrogens is 4. The minimum absolute atomic E-state index is 0.363. The second kappa shape index (κ2) is 7.12. The van der Waals surface area contributed by atoms with Crippen molar-refractivity contribution in [2.45, 2.75) is 33.2 Å². The Morgan fingerprint density at radius 3 is 2.71 bits per heavy atom. The lowest BCUT2D eigenvalue weighted by atomic mass is 10.0. The fourth-order valence-corrected chi connectivity index (χ4v) is 2.50. The molecule has 3 N–H and O–H groups in total. The Hall–Kier alpha value is -2.02. The molecule has 0 aliphatic carbocycles. The minimum atomic E-state index is 0.363. The summed E-state index contributed by atoms with van der Waals surface area (Å²) in [7, 11) is 0. The van der Waals surface area contributed by atoms with Gasteiger partial charge in [0.2, 0.25) is 0 Å². The number of anilines is 1. The van der Waals surface area contributed by atoms with E-state index in [0.717, 1.165) is 36.2 Å². The van der Waals surface area contributed by atoms with E-state index in [2.05, 4.69) is 34.3 Å². The molecule has 0 atom stereocenters. The summed E-state index contributed by atoms with van der Waals surface area (Å²) in [5.41, 5.74) is 8.76. The topological polar surface area (TPSA) is 81.7 Å². The van der Waals surface area contributed by atoms with E-state index in [1.165, 1.54) is 0 Å². The molecule has 0 amide bonds. The maximum absolute atomic E-state index is 5.89. The van der Waals surface area contributed by atoms with Crippen LogP contribution in [0, 0.1) is 0 Å². The molecule has 0 unspecified atom stereocenters. The van der Waals surface area contributed by atoms with Crippen LogP contribution in [-0.2, 0) is 19.4 Å². The molecule has 2 heterocycles. The van der Waals surface area contributed by atoms with Crippen molar-refractivity contribution < 1.29 is 0 Å². The number of nitrogens with one attached hydrogen (secondary N) is 1. The molecule has 0 fully saturated rings. The molecular formula is C14H20N6S. The van der Waals surface area contributed by atoms with Crippen LogP contribution in [0.2, 0.25) is 0 Å². The van der Waals surface area contributed by atoms with Crippen molar-refractivity contribution in [2.24, 2.45) is 5.73 Å². The van der Waals surface area contributed by atoms with Gasteiger partial charge in [0.15, 0.2) is 5.82 Å². The number of rotatable bonds is 7. The highest BCUT2D eigenvalue weighted by atomic mass is 32.1. The molecule has 0 aliphatic rings. The number of hydrogen-bond donors (Lipinski definition) is 2. The average Bonchev–Trinajstić information content (AvgIpc) is 2.99. The zero-order valence-electron chi connectivity index (χ0n) is 12.3. The number of nitrogens with zero attached hydrogens (tertiary/aromatic N) is 4. The first kappa shape index (κ1) is 15.4. The lowest BCUT2D eigenvalue weighted by Gasteiger charge is -2.15. The first-order chi connectivity index (χ1) is 10.2. The Morgan fingerprint density at radius 2 is 2.14 bits per heavy atom. The lowest BCUT2D eigenvalue weighted by Crippen LogP contribution is -2.21. The van der Waals surface area contributed by atoms with Crippen LogP contribution in [0.25, 0.3) is 0 Å². The van der Waals surface area contributed by atoms with Crippen LogP contribution < -0.4 is 11.1 Å². The number of thiocarbonyl (C=S) groups is 1. The van der Waals surface area contributed by atoms with Crippen LogP contribution in [0.3, 0.4) is 0 Å². The molecule has 0 spiro atoms. The van der Waals surface area contributed by atoms with E-state index >= 15 is 0 Å². The van der Waals surface area contributed by atoms with Crippen molar-refractivity contribution in [1.82, 2.24) is 19.7 Å². The van der Waals surface area contributed by atoms with E-state index in [9.17, 15) is 0 Å². The summed E-state index contributed by atoms with van der Waals surface area (Å²) in [6.45, 7) is 5.62. The summed E-state index contributed by atoms with van der Waals surface area (Å²) in [6, 6.07) is 0. The highest BCUT2D eigenvalue weighted by molar-refractivity contribution is 7.80. The predicted molar refractivity (Wildman–Crippen MR) is 87.4 cm³/mol. The van der Waals surface area contributed by atoms with Crippen molar-refractivity contribution in [3.05, 3.63) is 35.5 Å². The van der Waals surface area contributed by atoms with Gasteiger partial charge in [0, 0.05) is 25.5 Å². The maximum Gasteiger partial charge on any atom is 0.159 e. The first-order valence-electron chi connectivity index (χ1n) is 7.05. The van der Waals surface area contributed by atoms with Gasteiger partial charge in [-0.05, 0) is 18.4 Å². The summed E-state index contributed by atoms with van der Waals surface area (Å²) in [5.74, 6) is 0.664. The summed E-state index contributed by atoms with van der Waals surface area (Å²) < 4.78 is 1.99. The molecular weight excluding hydrogens is 284 g/mol. The molecule has 6 nitrogen and oxygen atoms in total. The Balaban J connectivity index is 2.20. The molecule has 2 rings (SSSR count). The Morgan fingerprint density at radius 1 is 1.33 bits per heavy atom. The standard InChI is InChI=1S/C14H20N6S/c1-3-10-11(4-2)18-19-14(12(10)13(15)21)17-6-8-20-7-5-16-9-20/h5,7,9H,3-4,6,8H2,1-2H3,(H2,15,21)(H,17,19). The fourth-order valence-electron chi connectivity index (χ4n) is 2.28. The van der Waals surface area contributed by atoms with E-state index in [1.807, 2.05) is 10.8 Å². The van der Waals surface area contributed by atoms with Crippen LogP contribution in [0.15, 0.2) is 18.7 Å². The summed E-state index contributed by atoms with van der Waals surface area (Å²) >= 11 is 5.20. The molecule has 7 heteroatoms. The largest absolute Gasteiger partial charge is 0.389 e. The van der Waals surface area contributed by atoms with Gasteiger partial charge in [-0.25, -0.2) is 4.98 Å². The summed E-state index contributed by atoms with van der Waals surface area (Å²) in [5, 5.41) is 11.8. The zero-order chi connectivity index (χ0) is 15.2. The van der Waals surface area contributed by atoms with E-state index in [-0.39, 0.29) is 0 Å². The third-order valence-corrected chi connectivity index (χ3v) is 3.52. The van der Waals surface area contributed by atoms with Crippen LogP contribution in [0.4, 0.5) is 5.82 Å². The smallest absolute Gasteiger partial charge is 0.159 e. The maximum atomic E-state index is 5.89. The van der Waals surface area contributed by atoms with E-state index in [4.69, 9.17) is 18.0 Å². The monoisotopic (exact) mass is 304 g/mol. The van der Waals surface area contributed by atoms with Gasteiger partial charge in [-0.15, -0.1) is 5.10 Å².